The molecule has 0 bridgehead atoms. The Morgan fingerprint density at radius 3 is 2.37 bits per heavy atom. The van der Waals surface area contributed by atoms with Crippen molar-refractivity contribution in [2.75, 3.05) is 20.8 Å². The summed E-state index contributed by atoms with van der Waals surface area (Å²) in [5, 5.41) is 29.3. The van der Waals surface area contributed by atoms with Crippen LogP contribution in [-0.2, 0) is 22.4 Å². The van der Waals surface area contributed by atoms with Crippen molar-refractivity contribution in [2.45, 2.75) is 12.8 Å². The lowest BCUT2D eigenvalue weighted by molar-refractivity contribution is -0.141. The van der Waals surface area contributed by atoms with E-state index in [9.17, 15) is 20.1 Å². The van der Waals surface area contributed by atoms with Gasteiger partial charge in [-0.25, -0.2) is 0 Å². The van der Waals surface area contributed by atoms with Gasteiger partial charge in [0.05, 0.1) is 26.7 Å². The van der Waals surface area contributed by atoms with Gasteiger partial charge in [0, 0.05) is 5.92 Å². The third-order valence-corrected chi connectivity index (χ3v) is 4.84. The molecular weight excluding hydrogens is 352 g/mol. The van der Waals surface area contributed by atoms with Crippen LogP contribution in [0.1, 0.15) is 11.1 Å². The number of phenolic OH excluding ortho intramolecular Hbond substituents is 3. The number of benzene rings is 2. The van der Waals surface area contributed by atoms with Crippen LogP contribution in [-0.4, -0.2) is 42.1 Å². The molecule has 0 spiro atoms. The Labute approximate surface area is 156 Å². The van der Waals surface area contributed by atoms with Crippen LogP contribution in [0.25, 0.3) is 0 Å². The average Bonchev–Trinajstić information content (AvgIpc) is 2.99. The van der Waals surface area contributed by atoms with E-state index in [1.165, 1.54) is 20.3 Å². The van der Waals surface area contributed by atoms with Gasteiger partial charge in [-0.1, -0.05) is 6.07 Å². The second-order valence-corrected chi connectivity index (χ2v) is 6.58. The van der Waals surface area contributed by atoms with Gasteiger partial charge in [-0.3, -0.25) is 4.79 Å². The summed E-state index contributed by atoms with van der Waals surface area (Å²) in [6.45, 7) is 0.299. The molecule has 0 saturated carbocycles. The number of aromatic hydroxyl groups is 3. The maximum atomic E-state index is 12.2. The van der Waals surface area contributed by atoms with E-state index in [0.717, 1.165) is 5.56 Å². The van der Waals surface area contributed by atoms with Gasteiger partial charge in [0.25, 0.3) is 0 Å². The lowest BCUT2D eigenvalue weighted by Gasteiger charge is -2.17. The van der Waals surface area contributed by atoms with Gasteiger partial charge in [0.1, 0.15) is 0 Å². The van der Waals surface area contributed by atoms with Crippen molar-refractivity contribution in [3.05, 3.63) is 41.5 Å². The van der Waals surface area contributed by atoms with E-state index in [0.29, 0.717) is 30.8 Å². The smallest absolute Gasteiger partial charge is 0.309 e. The van der Waals surface area contributed by atoms with Crippen LogP contribution < -0.4 is 9.47 Å². The Balaban J connectivity index is 1.80. The SMILES string of the molecule is COc1cc(CC2COC(=O)C2Cc2cc(O)c(O)c(OC)c2)ccc1O. The van der Waals surface area contributed by atoms with Gasteiger partial charge in [0.2, 0.25) is 5.75 Å². The molecular formula is C20H22O7. The fourth-order valence-electron chi connectivity index (χ4n) is 3.38. The normalized spacial score (nSPS) is 19.0. The summed E-state index contributed by atoms with van der Waals surface area (Å²) < 4.78 is 15.4. The molecule has 0 radical (unpaired) electrons. The molecule has 0 aliphatic carbocycles. The zero-order chi connectivity index (χ0) is 19.6. The van der Waals surface area contributed by atoms with Crippen molar-refractivity contribution in [3.63, 3.8) is 0 Å². The first kappa shape index (κ1) is 18.7. The fraction of sp³-hybridized carbons (Fsp3) is 0.350. The molecule has 2 aromatic rings. The lowest BCUT2D eigenvalue weighted by atomic mass is 9.85. The highest BCUT2D eigenvalue weighted by Crippen LogP contribution is 2.38. The molecule has 7 nitrogen and oxygen atoms in total. The molecule has 1 fully saturated rings. The molecule has 3 rings (SSSR count). The fourth-order valence-corrected chi connectivity index (χ4v) is 3.38. The monoisotopic (exact) mass is 374 g/mol. The molecule has 1 heterocycles. The van der Waals surface area contributed by atoms with Gasteiger partial charge in [-0.15, -0.1) is 0 Å². The maximum Gasteiger partial charge on any atom is 0.309 e. The van der Waals surface area contributed by atoms with Gasteiger partial charge in [0.15, 0.2) is 23.0 Å². The number of methoxy groups -OCH3 is 2. The zero-order valence-electron chi connectivity index (χ0n) is 15.1. The number of carbonyl (C=O) groups excluding carboxylic acids is 1. The third kappa shape index (κ3) is 3.86. The van der Waals surface area contributed by atoms with Gasteiger partial charge < -0.3 is 29.5 Å². The van der Waals surface area contributed by atoms with Crippen LogP contribution in [0.2, 0.25) is 0 Å². The summed E-state index contributed by atoms with van der Waals surface area (Å²) in [6, 6.07) is 8.10. The predicted molar refractivity (Wildman–Crippen MR) is 96.3 cm³/mol. The predicted octanol–water partition coefficient (Wildman–Crippen LogP) is 2.40. The van der Waals surface area contributed by atoms with E-state index in [1.807, 2.05) is 0 Å². The average molecular weight is 374 g/mol. The summed E-state index contributed by atoms with van der Waals surface area (Å²) in [5.74, 6) is -0.787. The number of rotatable bonds is 6. The number of hydrogen-bond acceptors (Lipinski definition) is 7. The van der Waals surface area contributed by atoms with Crippen molar-refractivity contribution < 1.29 is 34.3 Å². The molecule has 0 amide bonds. The molecule has 3 N–H and O–H groups in total. The maximum absolute atomic E-state index is 12.2. The molecule has 7 heteroatoms. The number of cyclic esters (lactones) is 1. The molecule has 27 heavy (non-hydrogen) atoms. The summed E-state index contributed by atoms with van der Waals surface area (Å²) in [4.78, 5) is 12.2. The minimum absolute atomic E-state index is 0.0585. The molecule has 1 aliphatic heterocycles. The minimum atomic E-state index is -0.390. The van der Waals surface area contributed by atoms with Crippen LogP contribution in [0, 0.1) is 11.8 Å². The largest absolute Gasteiger partial charge is 0.504 e. The Kier molecular flexibility index (Phi) is 5.30. The van der Waals surface area contributed by atoms with Crippen molar-refractivity contribution >= 4 is 5.97 Å². The van der Waals surface area contributed by atoms with Crippen molar-refractivity contribution in [1.29, 1.82) is 0 Å². The number of phenols is 3. The van der Waals surface area contributed by atoms with E-state index in [1.54, 1.807) is 24.3 Å². The van der Waals surface area contributed by atoms with E-state index in [2.05, 4.69) is 0 Å². The molecule has 2 atom stereocenters. The number of carbonyl (C=O) groups is 1. The summed E-state index contributed by atoms with van der Waals surface area (Å²) >= 11 is 0. The second kappa shape index (κ2) is 7.65. The first-order valence-corrected chi connectivity index (χ1v) is 8.54. The zero-order valence-corrected chi connectivity index (χ0v) is 15.1. The lowest BCUT2D eigenvalue weighted by Crippen LogP contribution is -2.20. The number of hydrogen-bond donors (Lipinski definition) is 3. The molecule has 144 valence electrons. The van der Waals surface area contributed by atoms with E-state index < -0.39 is 5.92 Å². The van der Waals surface area contributed by atoms with Crippen LogP contribution in [0.4, 0.5) is 0 Å². The Hall–Kier alpha value is -3.09. The van der Waals surface area contributed by atoms with Crippen LogP contribution in [0.15, 0.2) is 30.3 Å². The highest BCUT2D eigenvalue weighted by molar-refractivity contribution is 5.75. The first-order chi connectivity index (χ1) is 12.9. The van der Waals surface area contributed by atoms with Crippen LogP contribution in [0.3, 0.4) is 0 Å². The summed E-state index contributed by atoms with van der Waals surface area (Å²) in [5.41, 5.74) is 1.59. The van der Waals surface area contributed by atoms with Crippen molar-refractivity contribution in [3.8, 4) is 28.7 Å². The molecule has 1 saturated heterocycles. The standard InChI is InChI=1S/C20H22O7/c1-25-17-8-11(3-4-15(17)21)5-13-10-27-20(24)14(13)6-12-7-16(22)19(23)18(9-12)26-2/h3-4,7-9,13-14,21-23H,5-6,10H2,1-2H3. The van der Waals surface area contributed by atoms with E-state index >= 15 is 0 Å². The summed E-state index contributed by atoms with van der Waals surface area (Å²) in [6.07, 6.45) is 0.928. The second-order valence-electron chi connectivity index (χ2n) is 6.58. The molecule has 0 aromatic heterocycles. The first-order valence-electron chi connectivity index (χ1n) is 8.54. The molecule has 2 unspecified atom stereocenters. The number of esters is 1. The molecule has 2 aromatic carbocycles. The Morgan fingerprint density at radius 1 is 0.963 bits per heavy atom. The minimum Gasteiger partial charge on any atom is -0.504 e. The molecule has 1 aliphatic rings. The highest BCUT2D eigenvalue weighted by atomic mass is 16.5. The number of ether oxygens (including phenoxy) is 3. The Bertz CT molecular complexity index is 846. The highest BCUT2D eigenvalue weighted by Gasteiger charge is 2.37. The quantitative estimate of drug-likeness (QED) is 0.527. The van der Waals surface area contributed by atoms with Crippen molar-refractivity contribution in [1.82, 2.24) is 0 Å². The van der Waals surface area contributed by atoms with Gasteiger partial charge in [-0.05, 0) is 48.2 Å². The van der Waals surface area contributed by atoms with Crippen molar-refractivity contribution in [2.24, 2.45) is 11.8 Å². The van der Waals surface area contributed by atoms with Gasteiger partial charge in [-0.2, -0.15) is 0 Å². The third-order valence-electron chi connectivity index (χ3n) is 4.84. The van der Waals surface area contributed by atoms with Crippen LogP contribution in [0.5, 0.6) is 28.7 Å². The topological polar surface area (TPSA) is 105 Å². The van der Waals surface area contributed by atoms with Gasteiger partial charge >= 0.3 is 5.97 Å². The summed E-state index contributed by atoms with van der Waals surface area (Å²) in [7, 11) is 2.87. The van der Waals surface area contributed by atoms with Crippen LogP contribution >= 0.6 is 0 Å². The Morgan fingerprint density at radius 2 is 1.67 bits per heavy atom. The van der Waals surface area contributed by atoms with E-state index in [4.69, 9.17) is 14.2 Å². The van der Waals surface area contributed by atoms with E-state index in [-0.39, 0.29) is 34.9 Å².